The Hall–Kier alpha value is -0.440. The predicted molar refractivity (Wildman–Crippen MR) is 74.4 cm³/mol. The standard InChI is InChI=1S/C12H20INO2/c1-3-5-6-8-11(13)10(7-4-2)9-16-12(14)15/h10-11H,3,5-6,8-9H2,1-2H3,(H2,14,15). The molecule has 0 aromatic rings. The zero-order valence-electron chi connectivity index (χ0n) is 9.96. The summed E-state index contributed by atoms with van der Waals surface area (Å²) < 4.78 is 5.23. The van der Waals surface area contributed by atoms with Gasteiger partial charge in [0.05, 0.1) is 5.92 Å². The number of hydrogen-bond donors (Lipinski definition) is 1. The molecule has 0 aliphatic rings. The van der Waals surface area contributed by atoms with Crippen molar-refractivity contribution < 1.29 is 9.53 Å². The minimum atomic E-state index is -0.722. The number of amides is 1. The van der Waals surface area contributed by atoms with Gasteiger partial charge >= 0.3 is 6.09 Å². The van der Waals surface area contributed by atoms with Gasteiger partial charge in [0.15, 0.2) is 0 Å². The van der Waals surface area contributed by atoms with Crippen molar-refractivity contribution in [3.8, 4) is 11.8 Å². The van der Waals surface area contributed by atoms with Crippen LogP contribution in [-0.4, -0.2) is 16.6 Å². The second kappa shape index (κ2) is 9.76. The van der Waals surface area contributed by atoms with Crippen LogP contribution in [0, 0.1) is 17.8 Å². The van der Waals surface area contributed by atoms with Crippen LogP contribution < -0.4 is 5.73 Å². The molecule has 0 rings (SSSR count). The molecular formula is C12H20INO2. The SMILES string of the molecule is CC#CC(COC(N)=O)C(I)CCCCC. The normalized spacial score (nSPS) is 13.4. The van der Waals surface area contributed by atoms with Gasteiger partial charge in [0.25, 0.3) is 0 Å². The Morgan fingerprint density at radius 2 is 2.19 bits per heavy atom. The van der Waals surface area contributed by atoms with Gasteiger partial charge in [-0.05, 0) is 13.3 Å². The maximum atomic E-state index is 10.5. The summed E-state index contributed by atoms with van der Waals surface area (Å²) in [6, 6.07) is 0. The third kappa shape index (κ3) is 7.80. The number of nitrogens with two attached hydrogens (primary N) is 1. The Labute approximate surface area is 112 Å². The van der Waals surface area contributed by atoms with Gasteiger partial charge in [0, 0.05) is 3.92 Å². The molecule has 0 saturated carbocycles. The molecule has 0 radical (unpaired) electrons. The summed E-state index contributed by atoms with van der Waals surface area (Å²) in [5, 5.41) is 0. The third-order valence-electron chi connectivity index (χ3n) is 2.25. The van der Waals surface area contributed by atoms with Gasteiger partial charge in [0.1, 0.15) is 6.61 Å². The first-order valence-electron chi connectivity index (χ1n) is 5.60. The number of primary amides is 1. The number of unbranched alkanes of at least 4 members (excludes halogenated alkanes) is 2. The van der Waals surface area contributed by atoms with E-state index in [1.165, 1.54) is 19.3 Å². The van der Waals surface area contributed by atoms with Crippen molar-refractivity contribution in [2.45, 2.75) is 43.5 Å². The molecule has 0 aromatic heterocycles. The lowest BCUT2D eigenvalue weighted by Gasteiger charge is -2.16. The monoisotopic (exact) mass is 337 g/mol. The molecule has 0 aliphatic heterocycles. The van der Waals surface area contributed by atoms with Crippen LogP contribution in [0.2, 0.25) is 0 Å². The van der Waals surface area contributed by atoms with Crippen molar-refractivity contribution in [1.29, 1.82) is 0 Å². The summed E-state index contributed by atoms with van der Waals surface area (Å²) in [6.07, 6.45) is 4.03. The Morgan fingerprint density at radius 1 is 1.50 bits per heavy atom. The van der Waals surface area contributed by atoms with E-state index in [-0.39, 0.29) is 5.92 Å². The van der Waals surface area contributed by atoms with Crippen LogP contribution in [0.15, 0.2) is 0 Å². The summed E-state index contributed by atoms with van der Waals surface area (Å²) in [5.74, 6) is 6.04. The number of hydrogen-bond acceptors (Lipinski definition) is 2. The highest BCUT2D eigenvalue weighted by Gasteiger charge is 2.17. The van der Waals surface area contributed by atoms with E-state index in [1.807, 2.05) is 0 Å². The zero-order chi connectivity index (χ0) is 12.4. The third-order valence-corrected chi connectivity index (χ3v) is 3.75. The molecule has 0 heterocycles. The maximum absolute atomic E-state index is 10.5. The molecule has 0 spiro atoms. The lowest BCUT2D eigenvalue weighted by Crippen LogP contribution is -2.23. The molecular weight excluding hydrogens is 317 g/mol. The van der Waals surface area contributed by atoms with Crippen molar-refractivity contribution in [3.05, 3.63) is 0 Å². The van der Waals surface area contributed by atoms with Crippen LogP contribution in [0.4, 0.5) is 4.79 Å². The minimum Gasteiger partial charge on any atom is -0.448 e. The van der Waals surface area contributed by atoms with Gasteiger partial charge in [-0.25, -0.2) is 4.79 Å². The summed E-state index contributed by atoms with van der Waals surface area (Å²) in [7, 11) is 0. The predicted octanol–water partition coefficient (Wildman–Crippen LogP) is 3.11. The first-order valence-corrected chi connectivity index (χ1v) is 6.85. The van der Waals surface area contributed by atoms with Crippen molar-refractivity contribution in [2.24, 2.45) is 11.7 Å². The highest BCUT2D eigenvalue weighted by Crippen LogP contribution is 2.20. The summed E-state index contributed by atoms with van der Waals surface area (Å²) in [5.41, 5.74) is 4.95. The van der Waals surface area contributed by atoms with E-state index in [0.717, 1.165) is 6.42 Å². The van der Waals surface area contributed by atoms with Gasteiger partial charge in [-0.1, -0.05) is 54.7 Å². The summed E-state index contributed by atoms with van der Waals surface area (Å²) in [4.78, 5) is 10.5. The average molecular weight is 337 g/mol. The second-order valence-corrected chi connectivity index (χ2v) is 5.24. The minimum absolute atomic E-state index is 0.0926. The Morgan fingerprint density at radius 3 is 2.69 bits per heavy atom. The number of carbonyl (C=O) groups is 1. The lowest BCUT2D eigenvalue weighted by molar-refractivity contribution is 0.145. The van der Waals surface area contributed by atoms with E-state index in [4.69, 9.17) is 10.5 Å². The summed E-state index contributed by atoms with van der Waals surface area (Å²) >= 11 is 2.38. The van der Waals surface area contributed by atoms with Crippen molar-refractivity contribution >= 4 is 28.7 Å². The van der Waals surface area contributed by atoms with E-state index in [9.17, 15) is 4.79 Å². The van der Waals surface area contributed by atoms with Crippen LogP contribution in [0.25, 0.3) is 0 Å². The molecule has 0 saturated heterocycles. The fourth-order valence-corrected chi connectivity index (χ4v) is 2.21. The highest BCUT2D eigenvalue weighted by molar-refractivity contribution is 14.1. The van der Waals surface area contributed by atoms with Gasteiger partial charge < -0.3 is 10.5 Å². The number of rotatable bonds is 7. The number of ether oxygens (including phenoxy) is 1. The first-order chi connectivity index (χ1) is 7.61. The number of halogens is 1. The van der Waals surface area contributed by atoms with Crippen LogP contribution in [-0.2, 0) is 4.74 Å². The molecule has 3 nitrogen and oxygen atoms in total. The van der Waals surface area contributed by atoms with Gasteiger partial charge in [-0.3, -0.25) is 0 Å². The van der Waals surface area contributed by atoms with Gasteiger partial charge in [-0.15, -0.1) is 5.92 Å². The first kappa shape index (κ1) is 15.6. The maximum Gasteiger partial charge on any atom is 0.404 e. The molecule has 2 atom stereocenters. The van der Waals surface area contributed by atoms with Gasteiger partial charge in [0.2, 0.25) is 0 Å². The fourth-order valence-electron chi connectivity index (χ4n) is 1.38. The van der Waals surface area contributed by atoms with E-state index in [0.29, 0.717) is 10.5 Å². The van der Waals surface area contributed by atoms with Gasteiger partial charge in [-0.2, -0.15) is 0 Å². The molecule has 1 amide bonds. The van der Waals surface area contributed by atoms with Crippen LogP contribution in [0.5, 0.6) is 0 Å². The molecule has 2 N–H and O–H groups in total. The quantitative estimate of drug-likeness (QED) is 0.336. The van der Waals surface area contributed by atoms with Crippen molar-refractivity contribution in [2.75, 3.05) is 6.61 Å². The molecule has 2 unspecified atom stereocenters. The van der Waals surface area contributed by atoms with Crippen LogP contribution in [0.3, 0.4) is 0 Å². The highest BCUT2D eigenvalue weighted by atomic mass is 127. The van der Waals surface area contributed by atoms with E-state index >= 15 is 0 Å². The topological polar surface area (TPSA) is 52.3 Å². The molecule has 0 fully saturated rings. The smallest absolute Gasteiger partial charge is 0.404 e. The number of alkyl halides is 1. The van der Waals surface area contributed by atoms with E-state index in [2.05, 4.69) is 41.4 Å². The van der Waals surface area contributed by atoms with E-state index < -0.39 is 6.09 Å². The largest absolute Gasteiger partial charge is 0.448 e. The van der Waals surface area contributed by atoms with Crippen LogP contribution >= 0.6 is 22.6 Å². The molecule has 92 valence electrons. The van der Waals surface area contributed by atoms with E-state index in [1.54, 1.807) is 6.92 Å². The molecule has 0 aliphatic carbocycles. The Kier molecular flexibility index (Phi) is 9.49. The van der Waals surface area contributed by atoms with Crippen molar-refractivity contribution in [1.82, 2.24) is 0 Å². The number of carbonyl (C=O) groups excluding carboxylic acids is 1. The Bertz CT molecular complexity index is 257. The van der Waals surface area contributed by atoms with Crippen LogP contribution in [0.1, 0.15) is 39.5 Å². The molecule has 4 heteroatoms. The molecule has 16 heavy (non-hydrogen) atoms. The lowest BCUT2D eigenvalue weighted by atomic mass is 10.0. The zero-order valence-corrected chi connectivity index (χ0v) is 12.1. The van der Waals surface area contributed by atoms with Crippen molar-refractivity contribution in [3.63, 3.8) is 0 Å². The fraction of sp³-hybridized carbons (Fsp3) is 0.750. The summed E-state index contributed by atoms with van der Waals surface area (Å²) in [6.45, 7) is 4.28. The second-order valence-electron chi connectivity index (χ2n) is 3.64. The molecule has 0 aromatic carbocycles. The average Bonchev–Trinajstić information content (AvgIpc) is 2.24. The molecule has 0 bridgehead atoms. The Balaban J connectivity index is 4.05.